The van der Waals surface area contributed by atoms with Crippen LogP contribution in [0.1, 0.15) is 67.7 Å². The van der Waals surface area contributed by atoms with Gasteiger partial charge in [-0.1, -0.05) is 56.2 Å². The van der Waals surface area contributed by atoms with E-state index in [-0.39, 0.29) is 23.8 Å². The van der Waals surface area contributed by atoms with Crippen molar-refractivity contribution in [3.05, 3.63) is 55.7 Å². The van der Waals surface area contributed by atoms with E-state index in [4.69, 9.17) is 21.7 Å². The molecule has 39 heavy (non-hydrogen) atoms. The van der Waals surface area contributed by atoms with E-state index in [1.807, 2.05) is 31.2 Å². The first-order valence-corrected chi connectivity index (χ1v) is 14.7. The van der Waals surface area contributed by atoms with E-state index in [9.17, 15) is 14.9 Å². The summed E-state index contributed by atoms with van der Waals surface area (Å²) in [6.07, 6.45) is 7.98. The Bertz CT molecular complexity index is 1430. The van der Waals surface area contributed by atoms with Crippen molar-refractivity contribution in [3.8, 4) is 17.6 Å². The van der Waals surface area contributed by atoms with Gasteiger partial charge in [0.05, 0.1) is 11.4 Å². The minimum atomic E-state index is -0.254. The molecule has 3 aliphatic rings. The number of anilines is 1. The number of nitrogens with zero attached hydrogens (tertiary/aromatic N) is 4. The van der Waals surface area contributed by atoms with Gasteiger partial charge in [-0.2, -0.15) is 5.26 Å². The molecule has 2 aromatic rings. The lowest BCUT2D eigenvalue weighted by Crippen LogP contribution is -2.35. The van der Waals surface area contributed by atoms with Crippen molar-refractivity contribution in [2.24, 2.45) is 0 Å². The number of hydrogen-bond acceptors (Lipinski definition) is 8. The maximum absolute atomic E-state index is 13.6. The van der Waals surface area contributed by atoms with Gasteiger partial charge in [0.25, 0.3) is 11.5 Å². The number of ether oxygens (including phenoxy) is 2. The summed E-state index contributed by atoms with van der Waals surface area (Å²) in [5.74, 6) is 1.97. The molecule has 4 heterocycles. The average Bonchev–Trinajstić information content (AvgIpc) is 3.37. The maximum atomic E-state index is 13.6. The molecule has 10 heteroatoms. The average molecular weight is 565 g/mol. The maximum Gasteiger partial charge on any atom is 0.270 e. The number of benzene rings is 1. The van der Waals surface area contributed by atoms with E-state index >= 15 is 0 Å². The van der Waals surface area contributed by atoms with Gasteiger partial charge >= 0.3 is 0 Å². The molecule has 2 fully saturated rings. The number of carbonyl (C=O) groups is 1. The van der Waals surface area contributed by atoms with Gasteiger partial charge in [0.2, 0.25) is 6.79 Å². The largest absolute Gasteiger partial charge is 0.454 e. The molecule has 8 nitrogen and oxygen atoms in total. The smallest absolute Gasteiger partial charge is 0.270 e. The molecule has 1 aromatic carbocycles. The van der Waals surface area contributed by atoms with Crippen molar-refractivity contribution in [2.75, 3.05) is 24.8 Å². The number of carbonyl (C=O) groups excluding carboxylic acids is 1. The molecule has 5 rings (SSSR count). The van der Waals surface area contributed by atoms with E-state index in [1.165, 1.54) is 11.8 Å². The third-order valence-corrected chi connectivity index (χ3v) is 8.79. The van der Waals surface area contributed by atoms with Gasteiger partial charge < -0.3 is 14.4 Å². The summed E-state index contributed by atoms with van der Waals surface area (Å²) in [6.45, 7) is 6.60. The first-order chi connectivity index (χ1) is 18.9. The molecule has 0 aliphatic carbocycles. The molecule has 3 aliphatic heterocycles. The molecular weight excluding hydrogens is 532 g/mol. The van der Waals surface area contributed by atoms with E-state index in [0.29, 0.717) is 39.4 Å². The highest BCUT2D eigenvalue weighted by Gasteiger charge is 2.34. The number of amides is 1. The minimum absolute atomic E-state index is 0.131. The van der Waals surface area contributed by atoms with Crippen molar-refractivity contribution >= 4 is 46.1 Å². The molecule has 0 bridgehead atoms. The standard InChI is InChI=1S/C29H32N4O4S2/c1-3-4-13-32-26(31-11-7-5-6-8-12-31)21(19(2)22(16-30)27(32)34)15-25-28(35)33(29(38)39-25)17-20-9-10-23-24(14-20)37-18-36-23/h9-10,14-15H,3-8,11-13,17-18H2,1-2H3/b25-15+. The molecule has 0 N–H and O–H groups in total. The fraction of sp³-hybridized carbons (Fsp3) is 0.448. The van der Waals surface area contributed by atoms with E-state index in [2.05, 4.69) is 17.9 Å². The van der Waals surface area contributed by atoms with Crippen LogP contribution in [0, 0.1) is 18.3 Å². The topological polar surface area (TPSA) is 87.8 Å². The van der Waals surface area contributed by atoms with Crippen LogP contribution in [0.4, 0.5) is 5.82 Å². The third kappa shape index (κ3) is 5.43. The molecule has 2 saturated heterocycles. The van der Waals surface area contributed by atoms with Crippen molar-refractivity contribution in [1.82, 2.24) is 9.47 Å². The highest BCUT2D eigenvalue weighted by atomic mass is 32.2. The highest BCUT2D eigenvalue weighted by Crippen LogP contribution is 2.38. The summed E-state index contributed by atoms with van der Waals surface area (Å²) in [6, 6.07) is 7.75. The summed E-state index contributed by atoms with van der Waals surface area (Å²) in [7, 11) is 0. The summed E-state index contributed by atoms with van der Waals surface area (Å²) < 4.78 is 13.1. The minimum Gasteiger partial charge on any atom is -0.454 e. The van der Waals surface area contributed by atoms with Crippen LogP contribution in [0.2, 0.25) is 0 Å². The highest BCUT2D eigenvalue weighted by molar-refractivity contribution is 8.26. The Hall–Kier alpha value is -3.29. The Kier molecular flexibility index (Phi) is 8.29. The zero-order valence-corrected chi connectivity index (χ0v) is 24.0. The SMILES string of the molecule is CCCCn1c(N2CCCCCC2)c(/C=C2/SC(=S)N(Cc3ccc4c(c3)OCO4)C2=O)c(C)c(C#N)c1=O. The monoisotopic (exact) mass is 564 g/mol. The Morgan fingerprint density at radius 3 is 2.59 bits per heavy atom. The van der Waals surface area contributed by atoms with Crippen LogP contribution in [0.5, 0.6) is 11.5 Å². The van der Waals surface area contributed by atoms with E-state index in [0.717, 1.165) is 68.6 Å². The van der Waals surface area contributed by atoms with E-state index < -0.39 is 0 Å². The molecule has 0 unspecified atom stereocenters. The van der Waals surface area contributed by atoms with Crippen molar-refractivity contribution in [1.29, 1.82) is 5.26 Å². The number of pyridine rings is 1. The van der Waals surface area contributed by atoms with Gasteiger partial charge in [0.1, 0.15) is 21.8 Å². The van der Waals surface area contributed by atoms with Gasteiger partial charge in [-0.3, -0.25) is 19.1 Å². The van der Waals surface area contributed by atoms with Crippen LogP contribution in [0.3, 0.4) is 0 Å². The lowest BCUT2D eigenvalue weighted by Gasteiger charge is -2.29. The lowest BCUT2D eigenvalue weighted by atomic mass is 10.0. The van der Waals surface area contributed by atoms with Gasteiger partial charge in [0.15, 0.2) is 11.5 Å². The van der Waals surface area contributed by atoms with Crippen LogP contribution in [-0.2, 0) is 17.9 Å². The fourth-order valence-corrected chi connectivity index (χ4v) is 6.52. The van der Waals surface area contributed by atoms with E-state index in [1.54, 1.807) is 9.47 Å². The third-order valence-electron chi connectivity index (χ3n) is 7.41. The molecule has 1 amide bonds. The molecule has 1 aromatic heterocycles. The molecule has 0 atom stereocenters. The fourth-order valence-electron chi connectivity index (χ4n) is 5.28. The number of aromatic nitrogens is 1. The lowest BCUT2D eigenvalue weighted by molar-refractivity contribution is -0.122. The van der Waals surface area contributed by atoms with Gasteiger partial charge in [0, 0.05) is 25.2 Å². The van der Waals surface area contributed by atoms with Crippen LogP contribution in [0.25, 0.3) is 6.08 Å². The first-order valence-electron chi connectivity index (χ1n) is 13.5. The van der Waals surface area contributed by atoms with Crippen LogP contribution >= 0.6 is 24.0 Å². The Morgan fingerprint density at radius 2 is 1.87 bits per heavy atom. The molecule has 0 radical (unpaired) electrons. The second kappa shape index (κ2) is 11.8. The molecule has 0 spiro atoms. The normalized spacial score (nSPS) is 18.1. The molecule has 0 saturated carbocycles. The zero-order valence-electron chi connectivity index (χ0n) is 22.3. The zero-order chi connectivity index (χ0) is 27.5. The molecule has 204 valence electrons. The second-order valence-corrected chi connectivity index (χ2v) is 11.7. The van der Waals surface area contributed by atoms with Crippen molar-refractivity contribution in [2.45, 2.75) is 65.5 Å². The molecular formula is C29H32N4O4S2. The van der Waals surface area contributed by atoms with Crippen LogP contribution in [-0.4, -0.2) is 39.6 Å². The number of unbranched alkanes of at least 4 members (excludes halogenated alkanes) is 1. The summed E-state index contributed by atoms with van der Waals surface area (Å²) in [5, 5.41) is 9.93. The summed E-state index contributed by atoms with van der Waals surface area (Å²) in [4.78, 5) is 31.5. The Labute approximate surface area is 238 Å². The van der Waals surface area contributed by atoms with Crippen molar-refractivity contribution in [3.63, 3.8) is 0 Å². The van der Waals surface area contributed by atoms with Gasteiger partial charge in [-0.05, 0) is 55.5 Å². The number of thiocarbonyl (C=S) groups is 1. The number of rotatable bonds is 7. The Morgan fingerprint density at radius 1 is 1.13 bits per heavy atom. The number of nitriles is 1. The summed E-state index contributed by atoms with van der Waals surface area (Å²) >= 11 is 6.88. The van der Waals surface area contributed by atoms with Crippen LogP contribution < -0.4 is 19.9 Å². The quantitative estimate of drug-likeness (QED) is 0.329. The summed E-state index contributed by atoms with van der Waals surface area (Å²) in [5.41, 5.74) is 2.13. The van der Waals surface area contributed by atoms with Gasteiger partial charge in [-0.25, -0.2) is 0 Å². The number of thioether (sulfide) groups is 1. The van der Waals surface area contributed by atoms with Crippen LogP contribution in [0.15, 0.2) is 27.9 Å². The van der Waals surface area contributed by atoms with Crippen molar-refractivity contribution < 1.29 is 14.3 Å². The predicted octanol–water partition coefficient (Wildman–Crippen LogP) is 5.34. The number of fused-ring (bicyclic) bond motifs is 1. The van der Waals surface area contributed by atoms with Gasteiger partial charge in [-0.15, -0.1) is 0 Å². The number of hydrogen-bond donors (Lipinski definition) is 0. The Balaban J connectivity index is 1.56. The second-order valence-electron chi connectivity index (χ2n) is 10.0. The first kappa shape index (κ1) is 27.3. The predicted molar refractivity (Wildman–Crippen MR) is 157 cm³/mol.